The van der Waals surface area contributed by atoms with Crippen LogP contribution >= 0.6 is 0 Å². The Hall–Kier alpha value is -2.74. The largest absolute Gasteiger partial charge is 0.271 e. The summed E-state index contributed by atoms with van der Waals surface area (Å²) in [5.74, 6) is -1.07. The highest BCUT2D eigenvalue weighted by Crippen LogP contribution is 2.24. The van der Waals surface area contributed by atoms with Gasteiger partial charge in [-0.3, -0.25) is 9.10 Å². The Labute approximate surface area is 170 Å². The third-order valence-electron chi connectivity index (χ3n) is 4.78. The number of halogens is 1. The van der Waals surface area contributed by atoms with Crippen LogP contribution in [0.1, 0.15) is 37.7 Å². The Morgan fingerprint density at radius 3 is 2.28 bits per heavy atom. The number of hydrazone groups is 1. The number of aryl methyl sites for hydroxylation is 1. The second-order valence-electron chi connectivity index (χ2n) is 7.07. The first-order valence-corrected chi connectivity index (χ1v) is 11.0. The molecule has 2 aromatic carbocycles. The van der Waals surface area contributed by atoms with Crippen LogP contribution in [-0.2, 0) is 14.8 Å². The standard InChI is InChI=1S/C21H24FN3O3S/c1-16-7-11-19(12-8-16)25(29(27,28)20-13-9-17(22)10-14-20)15-21(26)24-23-18-5-3-2-4-6-18/h7-14H,2-6,15H2,1H3,(H,24,26). The van der Waals surface area contributed by atoms with E-state index in [0.717, 1.165) is 59.8 Å². The van der Waals surface area contributed by atoms with Gasteiger partial charge >= 0.3 is 0 Å². The molecule has 8 heteroatoms. The number of carbonyl (C=O) groups excluding carboxylic acids is 1. The predicted octanol–water partition coefficient (Wildman–Crippen LogP) is 3.77. The van der Waals surface area contributed by atoms with Gasteiger partial charge < -0.3 is 0 Å². The Kier molecular flexibility index (Phi) is 6.64. The van der Waals surface area contributed by atoms with Crippen molar-refractivity contribution in [2.75, 3.05) is 10.8 Å². The van der Waals surface area contributed by atoms with E-state index in [0.29, 0.717) is 5.69 Å². The second kappa shape index (κ2) is 9.17. The zero-order valence-electron chi connectivity index (χ0n) is 16.3. The second-order valence-corrected chi connectivity index (χ2v) is 8.94. The molecule has 2 aromatic rings. The van der Waals surface area contributed by atoms with Gasteiger partial charge in [-0.2, -0.15) is 5.10 Å². The molecule has 0 saturated heterocycles. The number of carbonyl (C=O) groups is 1. The number of nitrogens with zero attached hydrogens (tertiary/aromatic N) is 2. The van der Waals surface area contributed by atoms with Crippen molar-refractivity contribution in [2.24, 2.45) is 5.10 Å². The van der Waals surface area contributed by atoms with E-state index in [1.54, 1.807) is 24.3 Å². The molecule has 0 radical (unpaired) electrons. The summed E-state index contributed by atoms with van der Waals surface area (Å²) in [6.07, 6.45) is 4.93. The van der Waals surface area contributed by atoms with Crippen LogP contribution in [0.2, 0.25) is 0 Å². The van der Waals surface area contributed by atoms with Crippen LogP contribution in [0.4, 0.5) is 10.1 Å². The average molecular weight is 418 g/mol. The lowest BCUT2D eigenvalue weighted by Gasteiger charge is -2.24. The first-order chi connectivity index (χ1) is 13.9. The molecular weight excluding hydrogens is 393 g/mol. The molecule has 1 fully saturated rings. The van der Waals surface area contributed by atoms with Gasteiger partial charge in [0.25, 0.3) is 15.9 Å². The molecular formula is C21H24FN3O3S. The topological polar surface area (TPSA) is 78.8 Å². The number of benzene rings is 2. The summed E-state index contributed by atoms with van der Waals surface area (Å²) in [7, 11) is -4.06. The number of anilines is 1. The number of amides is 1. The summed E-state index contributed by atoms with van der Waals surface area (Å²) in [6.45, 7) is 1.45. The minimum atomic E-state index is -4.06. The van der Waals surface area contributed by atoms with Crippen molar-refractivity contribution >= 4 is 27.3 Å². The monoisotopic (exact) mass is 417 g/mol. The van der Waals surface area contributed by atoms with Crippen molar-refractivity contribution < 1.29 is 17.6 Å². The molecule has 1 amide bonds. The smallest absolute Gasteiger partial charge is 0.264 e. The molecule has 0 unspecified atom stereocenters. The van der Waals surface area contributed by atoms with Crippen LogP contribution in [0.15, 0.2) is 58.5 Å². The van der Waals surface area contributed by atoms with Gasteiger partial charge in [0.1, 0.15) is 12.4 Å². The molecule has 0 heterocycles. The third kappa shape index (κ3) is 5.41. The molecule has 3 rings (SSSR count). The summed E-state index contributed by atoms with van der Waals surface area (Å²) in [6, 6.07) is 11.3. The number of hydrogen-bond donors (Lipinski definition) is 1. The SMILES string of the molecule is Cc1ccc(N(CC(=O)NN=C2CCCCC2)S(=O)(=O)c2ccc(F)cc2)cc1. The molecule has 1 saturated carbocycles. The fourth-order valence-electron chi connectivity index (χ4n) is 3.14. The van der Waals surface area contributed by atoms with E-state index < -0.39 is 28.3 Å². The summed E-state index contributed by atoms with van der Waals surface area (Å²) < 4.78 is 40.6. The van der Waals surface area contributed by atoms with E-state index in [2.05, 4.69) is 10.5 Å². The molecule has 0 aliphatic heterocycles. The normalized spacial score (nSPS) is 14.3. The molecule has 1 aliphatic rings. The van der Waals surface area contributed by atoms with Crippen molar-refractivity contribution in [3.8, 4) is 0 Å². The van der Waals surface area contributed by atoms with E-state index in [1.165, 1.54) is 12.1 Å². The van der Waals surface area contributed by atoms with Gasteiger partial charge in [0.15, 0.2) is 0 Å². The summed E-state index contributed by atoms with van der Waals surface area (Å²) >= 11 is 0. The fraction of sp³-hybridized carbons (Fsp3) is 0.333. The highest BCUT2D eigenvalue weighted by atomic mass is 32.2. The lowest BCUT2D eigenvalue weighted by molar-refractivity contribution is -0.119. The van der Waals surface area contributed by atoms with Crippen LogP contribution in [0.3, 0.4) is 0 Å². The van der Waals surface area contributed by atoms with E-state index in [1.807, 2.05) is 6.92 Å². The Morgan fingerprint density at radius 1 is 1.03 bits per heavy atom. The number of nitrogens with one attached hydrogen (secondary N) is 1. The fourth-order valence-corrected chi connectivity index (χ4v) is 4.56. The van der Waals surface area contributed by atoms with Crippen LogP contribution in [-0.4, -0.2) is 26.6 Å². The van der Waals surface area contributed by atoms with Crippen LogP contribution in [0.25, 0.3) is 0 Å². The molecule has 0 atom stereocenters. The van der Waals surface area contributed by atoms with Gasteiger partial charge in [-0.25, -0.2) is 18.2 Å². The van der Waals surface area contributed by atoms with E-state index >= 15 is 0 Å². The van der Waals surface area contributed by atoms with Gasteiger partial charge in [0.2, 0.25) is 0 Å². The van der Waals surface area contributed by atoms with Gasteiger partial charge in [-0.1, -0.05) is 24.1 Å². The highest BCUT2D eigenvalue weighted by Gasteiger charge is 2.27. The predicted molar refractivity (Wildman–Crippen MR) is 111 cm³/mol. The van der Waals surface area contributed by atoms with Crippen molar-refractivity contribution in [1.29, 1.82) is 0 Å². The zero-order valence-corrected chi connectivity index (χ0v) is 17.1. The quantitative estimate of drug-likeness (QED) is 0.727. The summed E-state index contributed by atoms with van der Waals surface area (Å²) in [5.41, 5.74) is 4.71. The van der Waals surface area contributed by atoms with E-state index in [9.17, 15) is 17.6 Å². The summed E-state index contributed by atoms with van der Waals surface area (Å²) in [4.78, 5) is 12.4. The maximum absolute atomic E-state index is 13.2. The van der Waals surface area contributed by atoms with Crippen LogP contribution in [0, 0.1) is 12.7 Å². The van der Waals surface area contributed by atoms with E-state index in [4.69, 9.17) is 0 Å². The molecule has 0 bridgehead atoms. The molecule has 1 aliphatic carbocycles. The van der Waals surface area contributed by atoms with Gasteiger partial charge in [-0.05, 0) is 69.0 Å². The minimum Gasteiger partial charge on any atom is -0.271 e. The van der Waals surface area contributed by atoms with Crippen molar-refractivity contribution in [1.82, 2.24) is 5.43 Å². The minimum absolute atomic E-state index is 0.0918. The number of hydrogen-bond acceptors (Lipinski definition) is 4. The van der Waals surface area contributed by atoms with E-state index in [-0.39, 0.29) is 4.90 Å². The molecule has 6 nitrogen and oxygen atoms in total. The summed E-state index contributed by atoms with van der Waals surface area (Å²) in [5, 5.41) is 4.16. The maximum atomic E-state index is 13.2. The number of rotatable bonds is 6. The maximum Gasteiger partial charge on any atom is 0.264 e. The molecule has 1 N–H and O–H groups in total. The number of sulfonamides is 1. The van der Waals surface area contributed by atoms with Gasteiger partial charge in [-0.15, -0.1) is 0 Å². The lowest BCUT2D eigenvalue weighted by atomic mass is 9.99. The molecule has 0 spiro atoms. The molecule has 154 valence electrons. The van der Waals surface area contributed by atoms with Crippen molar-refractivity contribution in [3.05, 3.63) is 59.9 Å². The lowest BCUT2D eigenvalue weighted by Crippen LogP contribution is -2.39. The van der Waals surface area contributed by atoms with Gasteiger partial charge in [0, 0.05) is 5.71 Å². The molecule has 29 heavy (non-hydrogen) atoms. The Bertz CT molecular complexity index is 979. The zero-order chi connectivity index (χ0) is 20.9. The first-order valence-electron chi connectivity index (χ1n) is 9.55. The Balaban J connectivity index is 1.85. The van der Waals surface area contributed by atoms with Crippen LogP contribution < -0.4 is 9.73 Å². The van der Waals surface area contributed by atoms with Crippen molar-refractivity contribution in [3.63, 3.8) is 0 Å². The average Bonchev–Trinajstić information content (AvgIpc) is 2.72. The third-order valence-corrected chi connectivity index (χ3v) is 6.57. The Morgan fingerprint density at radius 2 is 1.66 bits per heavy atom. The first kappa shape index (κ1) is 21.0. The van der Waals surface area contributed by atoms with Gasteiger partial charge in [0.05, 0.1) is 10.6 Å². The molecule has 0 aromatic heterocycles. The van der Waals surface area contributed by atoms with Crippen LogP contribution in [0.5, 0.6) is 0 Å². The van der Waals surface area contributed by atoms with Crippen molar-refractivity contribution in [2.45, 2.75) is 43.9 Å². The highest BCUT2D eigenvalue weighted by molar-refractivity contribution is 7.92.